The number of hydrogen-bond donors (Lipinski definition) is 0. The molecule has 4 heteroatoms. The van der Waals surface area contributed by atoms with Crippen molar-refractivity contribution < 1.29 is 4.42 Å². The molecule has 3 nitrogen and oxygen atoms in total. The van der Waals surface area contributed by atoms with Crippen molar-refractivity contribution in [2.45, 2.75) is 0 Å². The maximum atomic E-state index is 6.36. The second-order valence-electron chi connectivity index (χ2n) is 13.0. The van der Waals surface area contributed by atoms with Crippen LogP contribution in [0.15, 0.2) is 199 Å². The summed E-state index contributed by atoms with van der Waals surface area (Å²) in [5.74, 6) is 0. The Balaban J connectivity index is 1.15. The van der Waals surface area contributed by atoms with Crippen molar-refractivity contribution in [3.63, 3.8) is 0 Å². The maximum absolute atomic E-state index is 6.36. The van der Waals surface area contributed by atoms with Crippen molar-refractivity contribution in [3.05, 3.63) is 194 Å². The normalized spacial score (nSPS) is 11.5. The zero-order valence-electron chi connectivity index (χ0n) is 28.2. The van der Waals surface area contributed by atoms with Crippen LogP contribution in [0.3, 0.4) is 0 Å². The van der Waals surface area contributed by atoms with Crippen molar-refractivity contribution in [1.29, 1.82) is 0 Å². The number of para-hydroxylation sites is 3. The molecular weight excluding hydrogens is 653 g/mol. The van der Waals surface area contributed by atoms with E-state index < -0.39 is 0 Å². The SMILES string of the molecule is c1ccc(-c2ccc(N(c3ccccc3)c3cccc4sc5ccc(N(c6ccccc6)c6ccc7c(c6)oc6ccccc67)cc5c34)cc2)cc1. The first-order valence-electron chi connectivity index (χ1n) is 17.5. The van der Waals surface area contributed by atoms with E-state index in [-0.39, 0.29) is 0 Å². The second kappa shape index (κ2) is 12.6. The molecule has 0 aliphatic rings. The Labute approximate surface area is 305 Å². The molecule has 0 aliphatic carbocycles. The molecular formula is C48H32N2OS. The smallest absolute Gasteiger partial charge is 0.137 e. The lowest BCUT2D eigenvalue weighted by Crippen LogP contribution is -2.10. The minimum Gasteiger partial charge on any atom is -0.456 e. The monoisotopic (exact) mass is 684 g/mol. The van der Waals surface area contributed by atoms with Crippen LogP contribution in [-0.4, -0.2) is 0 Å². The number of rotatable bonds is 7. The molecule has 10 aromatic rings. The number of fused-ring (bicyclic) bond motifs is 6. The van der Waals surface area contributed by atoms with Crippen LogP contribution in [0.2, 0.25) is 0 Å². The maximum Gasteiger partial charge on any atom is 0.137 e. The molecule has 0 radical (unpaired) electrons. The van der Waals surface area contributed by atoms with E-state index in [2.05, 4.69) is 192 Å². The first-order valence-corrected chi connectivity index (χ1v) is 18.3. The minimum absolute atomic E-state index is 0.876. The molecule has 2 heterocycles. The average Bonchev–Trinajstić information content (AvgIpc) is 3.78. The number of nitrogens with zero attached hydrogens (tertiary/aromatic N) is 2. The first kappa shape index (κ1) is 30.2. The van der Waals surface area contributed by atoms with Crippen LogP contribution < -0.4 is 9.80 Å². The summed E-state index contributed by atoms with van der Waals surface area (Å²) in [7, 11) is 0. The molecule has 10 rings (SSSR count). The number of benzene rings is 8. The number of thiophene rings is 1. The van der Waals surface area contributed by atoms with Crippen molar-refractivity contribution in [1.82, 2.24) is 0 Å². The lowest BCUT2D eigenvalue weighted by Gasteiger charge is -2.27. The van der Waals surface area contributed by atoms with Crippen LogP contribution in [0, 0.1) is 0 Å². The molecule has 0 atom stereocenters. The lowest BCUT2D eigenvalue weighted by molar-refractivity contribution is 0.669. The Morgan fingerprint density at radius 1 is 0.346 bits per heavy atom. The van der Waals surface area contributed by atoms with E-state index in [0.29, 0.717) is 0 Å². The van der Waals surface area contributed by atoms with E-state index in [1.807, 2.05) is 23.5 Å². The fourth-order valence-corrected chi connectivity index (χ4v) is 8.54. The summed E-state index contributed by atoms with van der Waals surface area (Å²) in [5, 5.41) is 4.71. The lowest BCUT2D eigenvalue weighted by atomic mass is 10.0. The molecule has 0 unspecified atom stereocenters. The number of hydrogen-bond acceptors (Lipinski definition) is 4. The van der Waals surface area contributed by atoms with Gasteiger partial charge in [-0.2, -0.15) is 0 Å². The van der Waals surface area contributed by atoms with Gasteiger partial charge in [0.05, 0.1) is 5.69 Å². The van der Waals surface area contributed by atoms with Gasteiger partial charge in [-0.3, -0.25) is 0 Å². The van der Waals surface area contributed by atoms with Crippen LogP contribution in [-0.2, 0) is 0 Å². The van der Waals surface area contributed by atoms with Gasteiger partial charge >= 0.3 is 0 Å². The van der Waals surface area contributed by atoms with Crippen LogP contribution >= 0.6 is 11.3 Å². The molecule has 0 saturated heterocycles. The number of anilines is 6. The van der Waals surface area contributed by atoms with Gasteiger partial charge in [0.2, 0.25) is 0 Å². The van der Waals surface area contributed by atoms with Gasteiger partial charge in [0.15, 0.2) is 0 Å². The predicted molar refractivity (Wildman–Crippen MR) is 221 cm³/mol. The standard InChI is InChI=1S/C48H32N2OS/c1-4-13-33(14-5-1)34-23-25-37(26-24-34)50(36-17-8-3-9-18-36)43-20-12-22-47-48(43)42-31-38(28-30-46(42)52-47)49(35-15-6-2-7-16-35)39-27-29-41-40-19-10-11-21-44(40)51-45(41)32-39/h1-32H. The van der Waals surface area contributed by atoms with Crippen LogP contribution in [0.4, 0.5) is 34.1 Å². The van der Waals surface area contributed by atoms with Crippen molar-refractivity contribution >= 4 is 87.6 Å². The summed E-state index contributed by atoms with van der Waals surface area (Å²) in [6.45, 7) is 0. The molecule has 0 bridgehead atoms. The summed E-state index contributed by atoms with van der Waals surface area (Å²) in [5.41, 5.74) is 10.8. The Bertz CT molecular complexity index is 2840. The Morgan fingerprint density at radius 3 is 1.69 bits per heavy atom. The first-order chi connectivity index (χ1) is 25.8. The predicted octanol–water partition coefficient (Wildman–Crippen LogP) is 14.6. The highest BCUT2D eigenvalue weighted by Crippen LogP contribution is 2.47. The molecule has 0 amide bonds. The van der Waals surface area contributed by atoms with Crippen LogP contribution in [0.25, 0.3) is 53.2 Å². The zero-order valence-corrected chi connectivity index (χ0v) is 29.0. The third kappa shape index (κ3) is 5.20. The van der Waals surface area contributed by atoms with E-state index in [1.165, 1.54) is 31.3 Å². The molecule has 0 aliphatic heterocycles. The topological polar surface area (TPSA) is 19.6 Å². The Kier molecular flexibility index (Phi) is 7.33. The van der Waals surface area contributed by atoms with Crippen LogP contribution in [0.1, 0.15) is 0 Å². The van der Waals surface area contributed by atoms with Gasteiger partial charge in [-0.1, -0.05) is 103 Å². The third-order valence-electron chi connectivity index (χ3n) is 9.84. The molecule has 0 spiro atoms. The molecule has 0 N–H and O–H groups in total. The fourth-order valence-electron chi connectivity index (χ4n) is 7.44. The van der Waals surface area contributed by atoms with Gasteiger partial charge < -0.3 is 14.2 Å². The van der Waals surface area contributed by atoms with Gasteiger partial charge in [0.1, 0.15) is 11.2 Å². The molecule has 0 saturated carbocycles. The van der Waals surface area contributed by atoms with E-state index in [4.69, 9.17) is 4.42 Å². The van der Waals surface area contributed by atoms with Gasteiger partial charge in [-0.05, 0) is 96.1 Å². The highest BCUT2D eigenvalue weighted by molar-refractivity contribution is 7.26. The van der Waals surface area contributed by atoms with Crippen molar-refractivity contribution in [3.8, 4) is 11.1 Å². The molecule has 52 heavy (non-hydrogen) atoms. The van der Waals surface area contributed by atoms with E-state index >= 15 is 0 Å². The largest absolute Gasteiger partial charge is 0.456 e. The minimum atomic E-state index is 0.876. The van der Waals surface area contributed by atoms with Gasteiger partial charge in [-0.15, -0.1) is 11.3 Å². The highest BCUT2D eigenvalue weighted by Gasteiger charge is 2.21. The quantitative estimate of drug-likeness (QED) is 0.167. The van der Waals surface area contributed by atoms with Crippen LogP contribution in [0.5, 0.6) is 0 Å². The van der Waals surface area contributed by atoms with Crippen molar-refractivity contribution in [2.75, 3.05) is 9.80 Å². The summed E-state index contributed by atoms with van der Waals surface area (Å²) in [6.07, 6.45) is 0. The average molecular weight is 685 g/mol. The zero-order chi connectivity index (χ0) is 34.4. The highest BCUT2D eigenvalue weighted by atomic mass is 32.1. The van der Waals surface area contributed by atoms with Crippen molar-refractivity contribution in [2.24, 2.45) is 0 Å². The molecule has 8 aromatic carbocycles. The van der Waals surface area contributed by atoms with Gasteiger partial charge in [0.25, 0.3) is 0 Å². The molecule has 2 aromatic heterocycles. The number of furan rings is 1. The van der Waals surface area contributed by atoms with E-state index in [9.17, 15) is 0 Å². The van der Waals surface area contributed by atoms with E-state index in [1.54, 1.807) is 0 Å². The second-order valence-corrected chi connectivity index (χ2v) is 14.1. The van der Waals surface area contributed by atoms with Gasteiger partial charge in [-0.25, -0.2) is 0 Å². The summed E-state index contributed by atoms with van der Waals surface area (Å²) < 4.78 is 8.86. The van der Waals surface area contributed by atoms with E-state index in [0.717, 1.165) is 56.1 Å². The molecule has 246 valence electrons. The van der Waals surface area contributed by atoms with Gasteiger partial charge in [0, 0.05) is 65.4 Å². The Hall–Kier alpha value is -6.62. The Morgan fingerprint density at radius 2 is 0.923 bits per heavy atom. The summed E-state index contributed by atoms with van der Waals surface area (Å²) in [4.78, 5) is 4.72. The summed E-state index contributed by atoms with van der Waals surface area (Å²) in [6, 6.07) is 69.1. The molecule has 0 fully saturated rings. The fraction of sp³-hybridized carbons (Fsp3) is 0. The third-order valence-corrected chi connectivity index (χ3v) is 11.0. The summed E-state index contributed by atoms with van der Waals surface area (Å²) >= 11 is 1.84.